The van der Waals surface area contributed by atoms with Crippen LogP contribution in [0.15, 0.2) is 24.3 Å². The first kappa shape index (κ1) is 12.0. The Labute approximate surface area is 87.7 Å². The molecule has 4 nitrogen and oxygen atoms in total. The van der Waals surface area contributed by atoms with E-state index in [1.165, 1.54) is 5.32 Å². The third kappa shape index (κ3) is 2.97. The van der Waals surface area contributed by atoms with Crippen molar-refractivity contribution < 1.29 is 27.9 Å². The predicted octanol–water partition coefficient (Wildman–Crippen LogP) is 0.778. The van der Waals surface area contributed by atoms with Gasteiger partial charge in [0.05, 0.1) is 5.56 Å². The van der Waals surface area contributed by atoms with Crippen molar-refractivity contribution in [3.05, 3.63) is 35.4 Å². The Morgan fingerprint density at radius 2 is 1.88 bits per heavy atom. The number of imide groups is 1. The number of benzene rings is 1. The van der Waals surface area contributed by atoms with Crippen molar-refractivity contribution in [3.8, 4) is 0 Å². The Morgan fingerprint density at radius 1 is 1.25 bits per heavy atom. The topological polar surface area (TPSA) is 69.2 Å². The molecule has 86 valence electrons. The molecule has 0 spiro atoms. The maximum atomic E-state index is 12.2. The van der Waals surface area contributed by atoms with Crippen molar-refractivity contribution in [1.29, 1.82) is 0 Å². The van der Waals surface area contributed by atoms with Gasteiger partial charge in [-0.25, -0.2) is 0 Å². The molecule has 0 saturated carbocycles. The lowest BCUT2D eigenvalue weighted by Gasteiger charge is -2.09. The summed E-state index contributed by atoms with van der Waals surface area (Å²) in [5.74, 6) is -1.16. The first-order valence-corrected chi connectivity index (χ1v) is 4.00. The predicted molar refractivity (Wildman–Crippen MR) is 44.3 cm³/mol. The number of halogens is 3. The van der Waals surface area contributed by atoms with Gasteiger partial charge in [0.15, 0.2) is 0 Å². The minimum absolute atomic E-state index is 0.404. The lowest BCUT2D eigenvalue weighted by molar-refractivity contribution is -0.249. The van der Waals surface area contributed by atoms with Crippen LogP contribution in [-0.2, 0) is 6.18 Å². The summed E-state index contributed by atoms with van der Waals surface area (Å²) in [6.07, 6.45) is -6.46. The highest BCUT2D eigenvalue weighted by Crippen LogP contribution is 2.29. The number of amides is 2. The smallest absolute Gasteiger partial charge is 0.416 e. The SMILES string of the molecule is O=C([O-])NC(=O)c1cccc(C(F)(F)F)c1. The summed E-state index contributed by atoms with van der Waals surface area (Å²) in [5.41, 5.74) is -1.43. The van der Waals surface area contributed by atoms with Gasteiger partial charge in [-0.05, 0) is 18.2 Å². The van der Waals surface area contributed by atoms with E-state index in [1.807, 2.05) is 0 Å². The van der Waals surface area contributed by atoms with E-state index in [9.17, 15) is 27.9 Å². The molecule has 1 aromatic rings. The van der Waals surface area contributed by atoms with Gasteiger partial charge in [0.25, 0.3) is 5.91 Å². The van der Waals surface area contributed by atoms with Gasteiger partial charge >= 0.3 is 6.18 Å². The van der Waals surface area contributed by atoms with Crippen LogP contribution in [0.2, 0.25) is 0 Å². The van der Waals surface area contributed by atoms with Crippen LogP contribution in [0.1, 0.15) is 15.9 Å². The van der Waals surface area contributed by atoms with Crippen LogP contribution in [0.5, 0.6) is 0 Å². The van der Waals surface area contributed by atoms with E-state index >= 15 is 0 Å². The minimum atomic E-state index is -4.59. The van der Waals surface area contributed by atoms with E-state index in [-0.39, 0.29) is 0 Å². The number of alkyl halides is 3. The molecule has 0 fully saturated rings. The van der Waals surface area contributed by atoms with Gasteiger partial charge in [-0.2, -0.15) is 13.2 Å². The number of hydrogen-bond donors (Lipinski definition) is 1. The van der Waals surface area contributed by atoms with E-state index in [1.54, 1.807) is 0 Å². The Morgan fingerprint density at radius 3 is 2.38 bits per heavy atom. The van der Waals surface area contributed by atoms with Gasteiger partial charge in [0, 0.05) is 5.56 Å². The number of carbonyl (C=O) groups excluding carboxylic acids is 2. The number of rotatable bonds is 1. The Kier molecular flexibility index (Phi) is 3.17. The number of hydrogen-bond acceptors (Lipinski definition) is 3. The molecular formula is C9H5F3NO3-. The number of carbonyl (C=O) groups is 2. The first-order valence-electron chi connectivity index (χ1n) is 4.00. The third-order valence-electron chi connectivity index (χ3n) is 1.67. The highest BCUT2D eigenvalue weighted by Gasteiger charge is 2.30. The lowest BCUT2D eigenvalue weighted by atomic mass is 10.1. The second-order valence-corrected chi connectivity index (χ2v) is 2.82. The fourth-order valence-corrected chi connectivity index (χ4v) is 1.00. The standard InChI is InChI=1S/C9H6F3NO3/c10-9(11,12)6-3-1-2-5(4-6)7(14)13-8(15)16/h1-4H,(H,13,14)(H,15,16)/p-1. The van der Waals surface area contributed by atoms with Crippen LogP contribution in [0, 0.1) is 0 Å². The van der Waals surface area contributed by atoms with Crippen molar-refractivity contribution in [3.63, 3.8) is 0 Å². The maximum Gasteiger partial charge on any atom is 0.416 e. The summed E-state index contributed by atoms with van der Waals surface area (Å²) >= 11 is 0. The van der Waals surface area contributed by atoms with E-state index in [0.717, 1.165) is 18.2 Å². The molecular weight excluding hydrogens is 227 g/mol. The van der Waals surface area contributed by atoms with Gasteiger partial charge in [0.1, 0.15) is 6.09 Å². The van der Waals surface area contributed by atoms with Gasteiger partial charge in [-0.1, -0.05) is 6.07 Å². The van der Waals surface area contributed by atoms with E-state index < -0.39 is 29.3 Å². The van der Waals surface area contributed by atoms with E-state index in [2.05, 4.69) is 0 Å². The lowest BCUT2D eigenvalue weighted by Crippen LogP contribution is -2.40. The summed E-state index contributed by atoms with van der Waals surface area (Å²) in [7, 11) is 0. The molecule has 1 N–H and O–H groups in total. The van der Waals surface area contributed by atoms with Crippen molar-refractivity contribution in [1.82, 2.24) is 5.32 Å². The molecule has 0 unspecified atom stereocenters. The summed E-state index contributed by atoms with van der Waals surface area (Å²) in [6, 6.07) is 3.40. The fourth-order valence-electron chi connectivity index (χ4n) is 1.00. The quantitative estimate of drug-likeness (QED) is 0.777. The molecule has 16 heavy (non-hydrogen) atoms. The van der Waals surface area contributed by atoms with Gasteiger partial charge in [-0.15, -0.1) is 0 Å². The second-order valence-electron chi connectivity index (χ2n) is 2.82. The van der Waals surface area contributed by atoms with Crippen molar-refractivity contribution in [2.24, 2.45) is 0 Å². The fraction of sp³-hybridized carbons (Fsp3) is 0.111. The normalized spacial score (nSPS) is 10.9. The average molecular weight is 232 g/mol. The first-order chi connectivity index (χ1) is 7.30. The van der Waals surface area contributed by atoms with Crippen LogP contribution in [0.25, 0.3) is 0 Å². The van der Waals surface area contributed by atoms with Gasteiger partial charge < -0.3 is 15.2 Å². The molecule has 0 saturated heterocycles. The van der Waals surface area contributed by atoms with Crippen LogP contribution >= 0.6 is 0 Å². The maximum absolute atomic E-state index is 12.2. The number of carboxylic acid groups (broad SMARTS) is 1. The molecule has 1 aromatic carbocycles. The van der Waals surface area contributed by atoms with E-state index in [4.69, 9.17) is 0 Å². The molecule has 0 aliphatic carbocycles. The van der Waals surface area contributed by atoms with E-state index in [0.29, 0.717) is 6.07 Å². The van der Waals surface area contributed by atoms with Crippen LogP contribution in [0.3, 0.4) is 0 Å². The Balaban J connectivity index is 2.99. The second kappa shape index (κ2) is 4.21. The molecule has 7 heteroatoms. The molecule has 0 radical (unpaired) electrons. The zero-order valence-corrected chi connectivity index (χ0v) is 7.67. The molecule has 2 amide bonds. The van der Waals surface area contributed by atoms with Gasteiger partial charge in [0.2, 0.25) is 0 Å². The van der Waals surface area contributed by atoms with Crippen LogP contribution < -0.4 is 10.4 Å². The molecule has 0 atom stereocenters. The monoisotopic (exact) mass is 232 g/mol. The average Bonchev–Trinajstić information content (AvgIpc) is 2.15. The number of nitrogens with one attached hydrogen (secondary N) is 1. The molecule has 0 heterocycles. The summed E-state index contributed by atoms with van der Waals surface area (Å²) in [4.78, 5) is 21.0. The molecule has 0 aliphatic heterocycles. The molecule has 1 rings (SSSR count). The largest absolute Gasteiger partial charge is 0.530 e. The molecule has 0 aromatic heterocycles. The van der Waals surface area contributed by atoms with Crippen molar-refractivity contribution >= 4 is 12.0 Å². The zero-order valence-electron chi connectivity index (χ0n) is 7.67. The third-order valence-corrected chi connectivity index (χ3v) is 1.67. The summed E-state index contributed by atoms with van der Waals surface area (Å²) < 4.78 is 36.7. The highest BCUT2D eigenvalue weighted by molar-refractivity contribution is 6.02. The zero-order chi connectivity index (χ0) is 12.3. The van der Waals surface area contributed by atoms with Gasteiger partial charge in [-0.3, -0.25) is 4.79 Å². The summed E-state index contributed by atoms with van der Waals surface area (Å²) in [5, 5.41) is 11.3. The van der Waals surface area contributed by atoms with Crippen LogP contribution in [-0.4, -0.2) is 12.0 Å². The Bertz CT molecular complexity index is 428. The van der Waals surface area contributed by atoms with Crippen LogP contribution in [0.4, 0.5) is 18.0 Å². The van der Waals surface area contributed by atoms with Crippen molar-refractivity contribution in [2.45, 2.75) is 6.18 Å². The van der Waals surface area contributed by atoms with Crippen molar-refractivity contribution in [2.75, 3.05) is 0 Å². The summed E-state index contributed by atoms with van der Waals surface area (Å²) in [6.45, 7) is 0. The molecule has 0 aliphatic rings. The minimum Gasteiger partial charge on any atom is -0.530 e. The Hall–Kier alpha value is -2.05. The molecule has 0 bridgehead atoms. The highest BCUT2D eigenvalue weighted by atomic mass is 19.4.